The lowest BCUT2D eigenvalue weighted by Crippen LogP contribution is -2.48. The molecule has 2 rings (SSSR count). The predicted octanol–water partition coefficient (Wildman–Crippen LogP) is 0.756. The third-order valence-corrected chi connectivity index (χ3v) is 3.31. The van der Waals surface area contributed by atoms with Crippen LogP contribution in [0.4, 0.5) is 0 Å². The second-order valence-corrected chi connectivity index (χ2v) is 4.94. The summed E-state index contributed by atoms with van der Waals surface area (Å²) in [5.74, 6) is 0.810. The van der Waals surface area contributed by atoms with Crippen LogP contribution in [0.15, 0.2) is 12.4 Å². The number of amides is 1. The number of hydrogen-bond donors (Lipinski definition) is 2. The molecule has 0 bridgehead atoms. The molecule has 0 radical (unpaired) electrons. The smallest absolute Gasteiger partial charge is 0.239 e. The molecule has 2 unspecified atom stereocenters. The van der Waals surface area contributed by atoms with Crippen molar-refractivity contribution in [3.63, 3.8) is 0 Å². The number of carbonyl (C=O) groups excluding carboxylic acids is 1. The monoisotopic (exact) mass is 236 g/mol. The van der Waals surface area contributed by atoms with Gasteiger partial charge in [0.25, 0.3) is 0 Å². The zero-order chi connectivity index (χ0) is 12.3. The van der Waals surface area contributed by atoms with E-state index in [0.717, 1.165) is 24.9 Å². The first-order valence-corrected chi connectivity index (χ1v) is 6.13. The Balaban J connectivity index is 1.90. The molecule has 17 heavy (non-hydrogen) atoms. The van der Waals surface area contributed by atoms with Crippen LogP contribution in [-0.2, 0) is 11.3 Å². The van der Waals surface area contributed by atoms with Crippen LogP contribution in [0.1, 0.15) is 25.3 Å². The Bertz CT molecular complexity index is 363. The molecule has 0 spiro atoms. The van der Waals surface area contributed by atoms with Crippen LogP contribution >= 0.6 is 0 Å². The Morgan fingerprint density at radius 3 is 3.12 bits per heavy atom. The number of hydrogen-bond acceptors (Lipinski definition) is 3. The molecular weight excluding hydrogens is 216 g/mol. The summed E-state index contributed by atoms with van der Waals surface area (Å²) in [6, 6.07) is -0.0179. The number of H-pyrrole nitrogens is 1. The van der Waals surface area contributed by atoms with Gasteiger partial charge in [0.15, 0.2) is 0 Å². The average molecular weight is 236 g/mol. The normalized spacial score (nSPS) is 24.6. The zero-order valence-electron chi connectivity index (χ0n) is 10.4. The Morgan fingerprint density at radius 2 is 2.47 bits per heavy atom. The van der Waals surface area contributed by atoms with Crippen LogP contribution in [0.2, 0.25) is 0 Å². The van der Waals surface area contributed by atoms with Crippen molar-refractivity contribution in [2.45, 2.75) is 32.4 Å². The van der Waals surface area contributed by atoms with Crippen LogP contribution < -0.4 is 5.32 Å². The number of rotatable bonds is 3. The third kappa shape index (κ3) is 3.06. The highest BCUT2D eigenvalue weighted by molar-refractivity contribution is 5.81. The number of carbonyl (C=O) groups is 1. The summed E-state index contributed by atoms with van der Waals surface area (Å²) >= 11 is 0. The fraction of sp³-hybridized carbons (Fsp3) is 0.667. The van der Waals surface area contributed by atoms with Gasteiger partial charge in [0, 0.05) is 25.4 Å². The van der Waals surface area contributed by atoms with E-state index in [1.807, 2.05) is 13.2 Å². The van der Waals surface area contributed by atoms with Crippen molar-refractivity contribution < 1.29 is 4.79 Å². The van der Waals surface area contributed by atoms with Crippen molar-refractivity contribution in [2.24, 2.45) is 5.92 Å². The molecule has 5 heteroatoms. The highest BCUT2D eigenvalue weighted by atomic mass is 16.2. The number of aromatic amines is 1. The first kappa shape index (κ1) is 12.1. The first-order valence-electron chi connectivity index (χ1n) is 6.13. The molecule has 1 fully saturated rings. The molecule has 0 aliphatic carbocycles. The minimum Gasteiger partial charge on any atom is -0.340 e. The first-order chi connectivity index (χ1) is 8.16. The molecule has 1 aliphatic rings. The Kier molecular flexibility index (Phi) is 3.78. The maximum atomic E-state index is 12.2. The topological polar surface area (TPSA) is 61.0 Å². The lowest BCUT2D eigenvalue weighted by Gasteiger charge is -2.30. The number of nitrogens with zero attached hydrogens (tertiary/aromatic N) is 2. The van der Waals surface area contributed by atoms with Crippen molar-refractivity contribution in [1.82, 2.24) is 20.4 Å². The molecule has 1 aliphatic heterocycles. The fourth-order valence-corrected chi connectivity index (χ4v) is 2.28. The van der Waals surface area contributed by atoms with Gasteiger partial charge >= 0.3 is 0 Å². The van der Waals surface area contributed by atoms with Gasteiger partial charge in [0.2, 0.25) is 5.91 Å². The molecule has 2 heterocycles. The van der Waals surface area contributed by atoms with Gasteiger partial charge in [-0.25, -0.2) is 0 Å². The van der Waals surface area contributed by atoms with Crippen molar-refractivity contribution in [2.75, 3.05) is 13.6 Å². The van der Waals surface area contributed by atoms with Gasteiger partial charge in [-0.05, 0) is 25.3 Å². The molecule has 0 saturated carbocycles. The van der Waals surface area contributed by atoms with Crippen LogP contribution in [0.25, 0.3) is 0 Å². The van der Waals surface area contributed by atoms with E-state index in [2.05, 4.69) is 22.4 Å². The predicted molar refractivity (Wildman–Crippen MR) is 65.3 cm³/mol. The van der Waals surface area contributed by atoms with Crippen molar-refractivity contribution in [3.8, 4) is 0 Å². The number of aromatic nitrogens is 2. The van der Waals surface area contributed by atoms with Gasteiger partial charge in [0.1, 0.15) is 0 Å². The largest absolute Gasteiger partial charge is 0.340 e. The second kappa shape index (κ2) is 5.31. The number of piperidine rings is 1. The standard InChI is InChI=1S/C12H20N4O/c1-9-3-4-13-11(5-9)12(17)16(2)8-10-6-14-15-7-10/h6-7,9,11,13H,3-5,8H2,1-2H3,(H,14,15). The number of likely N-dealkylation sites (N-methyl/N-ethyl adjacent to an activating group) is 1. The van der Waals surface area contributed by atoms with Crippen molar-refractivity contribution in [1.29, 1.82) is 0 Å². The maximum Gasteiger partial charge on any atom is 0.239 e. The van der Waals surface area contributed by atoms with E-state index < -0.39 is 0 Å². The Morgan fingerprint density at radius 1 is 1.65 bits per heavy atom. The highest BCUT2D eigenvalue weighted by Gasteiger charge is 2.26. The molecule has 1 amide bonds. The van der Waals surface area contributed by atoms with E-state index in [-0.39, 0.29) is 11.9 Å². The summed E-state index contributed by atoms with van der Waals surface area (Å²) in [5, 5.41) is 9.93. The lowest BCUT2D eigenvalue weighted by atomic mass is 9.93. The van der Waals surface area contributed by atoms with Gasteiger partial charge in [-0.2, -0.15) is 5.10 Å². The van der Waals surface area contributed by atoms with Crippen molar-refractivity contribution in [3.05, 3.63) is 18.0 Å². The van der Waals surface area contributed by atoms with E-state index in [0.29, 0.717) is 12.5 Å². The van der Waals surface area contributed by atoms with Crippen molar-refractivity contribution >= 4 is 5.91 Å². The van der Waals surface area contributed by atoms with Crippen LogP contribution in [0, 0.1) is 5.92 Å². The van der Waals surface area contributed by atoms with Crippen LogP contribution in [-0.4, -0.2) is 40.6 Å². The summed E-state index contributed by atoms with van der Waals surface area (Å²) in [6.45, 7) is 3.76. The van der Waals surface area contributed by atoms with E-state index >= 15 is 0 Å². The SMILES string of the molecule is CC1CCNC(C(=O)N(C)Cc2cn[nH]c2)C1. The zero-order valence-corrected chi connectivity index (χ0v) is 10.4. The summed E-state index contributed by atoms with van der Waals surface area (Å²) < 4.78 is 0. The van der Waals surface area contributed by atoms with Gasteiger partial charge < -0.3 is 10.2 Å². The minimum absolute atomic E-state index is 0.0179. The Hall–Kier alpha value is -1.36. The number of nitrogens with one attached hydrogen (secondary N) is 2. The summed E-state index contributed by atoms with van der Waals surface area (Å²) in [6.07, 6.45) is 5.67. The minimum atomic E-state index is -0.0179. The van der Waals surface area contributed by atoms with E-state index in [1.54, 1.807) is 11.1 Å². The Labute approximate surface area is 102 Å². The maximum absolute atomic E-state index is 12.2. The third-order valence-electron chi connectivity index (χ3n) is 3.31. The molecule has 1 aromatic rings. The van der Waals surface area contributed by atoms with Gasteiger partial charge in [0.05, 0.1) is 12.2 Å². The molecule has 94 valence electrons. The second-order valence-electron chi connectivity index (χ2n) is 4.94. The molecule has 2 N–H and O–H groups in total. The lowest BCUT2D eigenvalue weighted by molar-refractivity contribution is -0.133. The summed E-state index contributed by atoms with van der Waals surface area (Å²) in [7, 11) is 1.84. The van der Waals surface area contributed by atoms with Gasteiger partial charge in [-0.1, -0.05) is 6.92 Å². The molecule has 1 aromatic heterocycles. The summed E-state index contributed by atoms with van der Waals surface area (Å²) in [5.41, 5.74) is 1.03. The van der Waals surface area contributed by atoms with Gasteiger partial charge in [-0.15, -0.1) is 0 Å². The quantitative estimate of drug-likeness (QED) is 0.814. The molecule has 1 saturated heterocycles. The molecule has 0 aromatic carbocycles. The highest BCUT2D eigenvalue weighted by Crippen LogP contribution is 2.16. The molecular formula is C12H20N4O. The molecule has 5 nitrogen and oxygen atoms in total. The van der Waals surface area contributed by atoms with E-state index in [4.69, 9.17) is 0 Å². The van der Waals surface area contributed by atoms with E-state index in [9.17, 15) is 4.79 Å². The van der Waals surface area contributed by atoms with E-state index in [1.165, 1.54) is 0 Å². The van der Waals surface area contributed by atoms with Crippen LogP contribution in [0.3, 0.4) is 0 Å². The van der Waals surface area contributed by atoms with Gasteiger partial charge in [-0.3, -0.25) is 9.89 Å². The molecule has 2 atom stereocenters. The summed E-state index contributed by atoms with van der Waals surface area (Å²) in [4.78, 5) is 14.0. The van der Waals surface area contributed by atoms with Crippen LogP contribution in [0.5, 0.6) is 0 Å². The fourth-order valence-electron chi connectivity index (χ4n) is 2.28. The average Bonchev–Trinajstić information content (AvgIpc) is 2.80.